The summed E-state index contributed by atoms with van der Waals surface area (Å²) in [5.41, 5.74) is 5.54. The van der Waals surface area contributed by atoms with Crippen LogP contribution in [0.25, 0.3) is 0 Å². The molecule has 0 radical (unpaired) electrons. The van der Waals surface area contributed by atoms with E-state index < -0.39 is 11.4 Å². The third kappa shape index (κ3) is 2.19. The fourth-order valence-corrected chi connectivity index (χ4v) is 1.66. The van der Waals surface area contributed by atoms with Crippen molar-refractivity contribution in [2.24, 2.45) is 5.73 Å². The van der Waals surface area contributed by atoms with Crippen molar-refractivity contribution in [2.75, 3.05) is 0 Å². The number of rotatable bonds is 2. The number of nitrogens with two attached hydrogens (primary N) is 1. The van der Waals surface area contributed by atoms with Crippen LogP contribution in [-0.2, 0) is 5.54 Å². The first-order chi connectivity index (χ1) is 6.38. The standard InChI is InChI=1S/C10H12Cl2FN/c1-3-10(2,14)7-4-6(11)5-8(12)9(7)13/h4-5H,3,14H2,1-2H3. The molecule has 78 valence electrons. The van der Waals surface area contributed by atoms with Gasteiger partial charge in [0.1, 0.15) is 5.82 Å². The molecule has 2 N–H and O–H groups in total. The molecule has 0 heterocycles. The molecule has 1 aromatic rings. The van der Waals surface area contributed by atoms with Gasteiger partial charge in [-0.25, -0.2) is 4.39 Å². The van der Waals surface area contributed by atoms with E-state index in [1.807, 2.05) is 6.92 Å². The maximum atomic E-state index is 13.6. The molecule has 0 spiro atoms. The molecule has 0 bridgehead atoms. The minimum atomic E-state index is -0.737. The molecule has 0 fully saturated rings. The maximum Gasteiger partial charge on any atom is 0.146 e. The van der Waals surface area contributed by atoms with E-state index in [-0.39, 0.29) is 5.02 Å². The summed E-state index contributed by atoms with van der Waals surface area (Å²) in [5.74, 6) is -0.483. The van der Waals surface area contributed by atoms with E-state index in [0.29, 0.717) is 17.0 Å². The Labute approximate surface area is 93.0 Å². The highest BCUT2D eigenvalue weighted by Gasteiger charge is 2.24. The summed E-state index contributed by atoms with van der Waals surface area (Å²) >= 11 is 11.4. The Hall–Kier alpha value is -0.310. The molecular weight excluding hydrogens is 224 g/mol. The molecule has 0 amide bonds. The summed E-state index contributed by atoms with van der Waals surface area (Å²) in [7, 11) is 0. The van der Waals surface area contributed by atoms with Gasteiger partial charge in [-0.15, -0.1) is 0 Å². The fourth-order valence-electron chi connectivity index (χ4n) is 1.16. The Morgan fingerprint density at radius 1 is 1.43 bits per heavy atom. The largest absolute Gasteiger partial charge is 0.322 e. The van der Waals surface area contributed by atoms with Gasteiger partial charge in [-0.05, 0) is 25.5 Å². The quantitative estimate of drug-likeness (QED) is 0.778. The highest BCUT2D eigenvalue weighted by molar-refractivity contribution is 6.34. The predicted molar refractivity (Wildman–Crippen MR) is 58.3 cm³/mol. The van der Waals surface area contributed by atoms with Crippen LogP contribution in [0.15, 0.2) is 12.1 Å². The molecule has 1 unspecified atom stereocenters. The molecule has 0 aliphatic carbocycles. The van der Waals surface area contributed by atoms with Crippen LogP contribution in [0.3, 0.4) is 0 Å². The van der Waals surface area contributed by atoms with Gasteiger partial charge in [0.2, 0.25) is 0 Å². The maximum absolute atomic E-state index is 13.6. The molecule has 1 rings (SSSR count). The molecule has 1 nitrogen and oxygen atoms in total. The van der Waals surface area contributed by atoms with E-state index in [4.69, 9.17) is 28.9 Å². The van der Waals surface area contributed by atoms with Gasteiger partial charge in [-0.1, -0.05) is 30.1 Å². The molecule has 0 saturated heterocycles. The van der Waals surface area contributed by atoms with Crippen molar-refractivity contribution >= 4 is 23.2 Å². The summed E-state index contributed by atoms with van der Waals surface area (Å²) in [5, 5.41) is 0.411. The third-order valence-corrected chi connectivity index (χ3v) is 2.84. The van der Waals surface area contributed by atoms with Crippen molar-refractivity contribution in [1.29, 1.82) is 0 Å². The lowest BCUT2D eigenvalue weighted by molar-refractivity contribution is 0.446. The molecular formula is C10H12Cl2FN. The topological polar surface area (TPSA) is 26.0 Å². The Balaban J connectivity index is 3.34. The van der Waals surface area contributed by atoms with E-state index in [0.717, 1.165) is 0 Å². The van der Waals surface area contributed by atoms with Crippen LogP contribution in [0.5, 0.6) is 0 Å². The number of hydrogen-bond donors (Lipinski definition) is 1. The number of benzene rings is 1. The molecule has 0 aliphatic rings. The molecule has 0 aliphatic heterocycles. The third-order valence-electron chi connectivity index (χ3n) is 2.34. The van der Waals surface area contributed by atoms with Crippen LogP contribution >= 0.6 is 23.2 Å². The van der Waals surface area contributed by atoms with Crippen LogP contribution < -0.4 is 5.73 Å². The molecule has 0 saturated carbocycles. The van der Waals surface area contributed by atoms with Gasteiger partial charge in [0.15, 0.2) is 0 Å². The molecule has 0 aromatic heterocycles. The highest BCUT2D eigenvalue weighted by atomic mass is 35.5. The summed E-state index contributed by atoms with van der Waals surface area (Å²) in [6, 6.07) is 2.89. The SMILES string of the molecule is CCC(C)(N)c1cc(Cl)cc(Cl)c1F. The average Bonchev–Trinajstić information content (AvgIpc) is 2.11. The number of halogens is 3. The predicted octanol–water partition coefficient (Wildman–Crippen LogP) is 3.72. The van der Waals surface area contributed by atoms with E-state index in [9.17, 15) is 4.39 Å². The van der Waals surface area contributed by atoms with Crippen molar-refractivity contribution in [1.82, 2.24) is 0 Å². The van der Waals surface area contributed by atoms with Crippen LogP contribution in [0.4, 0.5) is 4.39 Å². The fraction of sp³-hybridized carbons (Fsp3) is 0.400. The van der Waals surface area contributed by atoms with Crippen molar-refractivity contribution in [2.45, 2.75) is 25.8 Å². The minimum Gasteiger partial charge on any atom is -0.322 e. The Bertz CT molecular complexity index is 350. The van der Waals surface area contributed by atoms with Gasteiger partial charge < -0.3 is 5.73 Å². The Morgan fingerprint density at radius 3 is 2.50 bits per heavy atom. The number of hydrogen-bond acceptors (Lipinski definition) is 1. The van der Waals surface area contributed by atoms with E-state index >= 15 is 0 Å². The van der Waals surface area contributed by atoms with Crippen LogP contribution in [0, 0.1) is 5.82 Å². The van der Waals surface area contributed by atoms with E-state index in [1.165, 1.54) is 12.1 Å². The van der Waals surface area contributed by atoms with Crippen molar-refractivity contribution in [3.63, 3.8) is 0 Å². The van der Waals surface area contributed by atoms with E-state index in [2.05, 4.69) is 0 Å². The van der Waals surface area contributed by atoms with Crippen LogP contribution in [0.1, 0.15) is 25.8 Å². The summed E-state index contributed by atoms with van der Waals surface area (Å²) in [6.45, 7) is 3.63. The zero-order valence-electron chi connectivity index (χ0n) is 8.07. The highest BCUT2D eigenvalue weighted by Crippen LogP contribution is 2.31. The normalized spacial score (nSPS) is 15.3. The molecule has 1 atom stereocenters. The Morgan fingerprint density at radius 2 is 2.00 bits per heavy atom. The molecule has 4 heteroatoms. The van der Waals surface area contributed by atoms with Gasteiger partial charge >= 0.3 is 0 Å². The zero-order chi connectivity index (χ0) is 10.9. The second kappa shape index (κ2) is 4.05. The first kappa shape index (κ1) is 11.8. The second-order valence-electron chi connectivity index (χ2n) is 3.52. The van der Waals surface area contributed by atoms with E-state index in [1.54, 1.807) is 6.92 Å². The van der Waals surface area contributed by atoms with Gasteiger partial charge in [0.25, 0.3) is 0 Å². The van der Waals surface area contributed by atoms with Gasteiger partial charge in [-0.2, -0.15) is 0 Å². The summed E-state index contributed by atoms with van der Waals surface area (Å²) in [4.78, 5) is 0. The van der Waals surface area contributed by atoms with Crippen molar-refractivity contribution in [3.05, 3.63) is 33.6 Å². The van der Waals surface area contributed by atoms with Gasteiger partial charge in [0.05, 0.1) is 5.02 Å². The molecule has 14 heavy (non-hydrogen) atoms. The lowest BCUT2D eigenvalue weighted by Crippen LogP contribution is -2.33. The van der Waals surface area contributed by atoms with Crippen molar-refractivity contribution < 1.29 is 4.39 Å². The monoisotopic (exact) mass is 235 g/mol. The summed E-state index contributed by atoms with van der Waals surface area (Å²) in [6.07, 6.45) is 0.612. The first-order valence-corrected chi connectivity index (χ1v) is 5.08. The molecule has 1 aromatic carbocycles. The Kier molecular flexibility index (Phi) is 3.40. The van der Waals surface area contributed by atoms with Crippen molar-refractivity contribution in [3.8, 4) is 0 Å². The lowest BCUT2D eigenvalue weighted by Gasteiger charge is -2.24. The lowest BCUT2D eigenvalue weighted by atomic mass is 9.90. The minimum absolute atomic E-state index is 0.0117. The summed E-state index contributed by atoms with van der Waals surface area (Å²) < 4.78 is 13.6. The smallest absolute Gasteiger partial charge is 0.146 e. The van der Waals surface area contributed by atoms with Crippen LogP contribution in [0.2, 0.25) is 10.0 Å². The average molecular weight is 236 g/mol. The zero-order valence-corrected chi connectivity index (χ0v) is 9.58. The first-order valence-electron chi connectivity index (χ1n) is 4.32. The second-order valence-corrected chi connectivity index (χ2v) is 4.36. The van der Waals surface area contributed by atoms with Gasteiger partial charge in [0, 0.05) is 16.1 Å². The van der Waals surface area contributed by atoms with Gasteiger partial charge in [-0.3, -0.25) is 0 Å². The van der Waals surface area contributed by atoms with Crippen LogP contribution in [-0.4, -0.2) is 0 Å².